The molecule has 0 unspecified atom stereocenters. The molecule has 0 bridgehead atoms. The summed E-state index contributed by atoms with van der Waals surface area (Å²) in [5.41, 5.74) is 0.682. The molecule has 0 aliphatic carbocycles. The first kappa shape index (κ1) is 14.2. The number of carbonyl (C=O) groups is 1. The average molecular weight is 273 g/mol. The van der Waals surface area contributed by atoms with E-state index in [4.69, 9.17) is 0 Å². The van der Waals surface area contributed by atoms with Crippen molar-refractivity contribution in [3.63, 3.8) is 0 Å². The van der Waals surface area contributed by atoms with E-state index in [9.17, 15) is 4.79 Å². The predicted molar refractivity (Wildman–Crippen MR) is 77.9 cm³/mol. The van der Waals surface area contributed by atoms with Crippen molar-refractivity contribution in [2.75, 3.05) is 11.9 Å². The van der Waals surface area contributed by atoms with E-state index in [2.05, 4.69) is 20.6 Å². The van der Waals surface area contributed by atoms with Crippen LogP contribution in [0.5, 0.6) is 0 Å². The molecule has 6 heteroatoms. The van der Waals surface area contributed by atoms with Crippen LogP contribution in [0.1, 0.15) is 19.7 Å². The van der Waals surface area contributed by atoms with Crippen molar-refractivity contribution in [1.29, 1.82) is 0 Å². The van der Waals surface area contributed by atoms with Crippen LogP contribution in [-0.2, 0) is 4.79 Å². The number of hydrogen-bond donors (Lipinski definition) is 2. The molecular weight excluding hydrogens is 254 g/mol. The van der Waals surface area contributed by atoms with E-state index in [0.29, 0.717) is 12.2 Å². The Morgan fingerprint density at radius 3 is 2.70 bits per heavy atom. The summed E-state index contributed by atoms with van der Waals surface area (Å²) in [5, 5.41) is 5.86. The van der Waals surface area contributed by atoms with Crippen LogP contribution in [0.4, 0.5) is 5.69 Å². The van der Waals surface area contributed by atoms with Gasteiger partial charge in [0.25, 0.3) is 0 Å². The van der Waals surface area contributed by atoms with E-state index in [-0.39, 0.29) is 11.9 Å². The minimum absolute atomic E-state index is 0.0768. The van der Waals surface area contributed by atoms with Crippen molar-refractivity contribution in [2.24, 2.45) is 0 Å². The summed E-state index contributed by atoms with van der Waals surface area (Å²) < 4.78 is 1.88. The van der Waals surface area contributed by atoms with E-state index in [1.165, 1.54) is 0 Å². The Morgan fingerprint density at radius 1 is 1.35 bits per heavy atom. The summed E-state index contributed by atoms with van der Waals surface area (Å²) >= 11 is 0. The highest BCUT2D eigenvalue weighted by Crippen LogP contribution is 2.11. The second kappa shape index (κ2) is 6.29. The Morgan fingerprint density at radius 2 is 2.15 bits per heavy atom. The van der Waals surface area contributed by atoms with Crippen LogP contribution < -0.4 is 10.6 Å². The van der Waals surface area contributed by atoms with E-state index >= 15 is 0 Å². The van der Waals surface area contributed by atoms with Crippen LogP contribution >= 0.6 is 0 Å². The number of hydrogen-bond acceptors (Lipinski definition) is 4. The Hall–Kier alpha value is -2.21. The predicted octanol–water partition coefficient (Wildman–Crippen LogP) is 1.51. The lowest BCUT2D eigenvalue weighted by atomic mass is 10.3. The summed E-state index contributed by atoms with van der Waals surface area (Å²) in [7, 11) is 0. The van der Waals surface area contributed by atoms with Crippen molar-refractivity contribution in [3.05, 3.63) is 36.5 Å². The van der Waals surface area contributed by atoms with Gasteiger partial charge in [-0.05, 0) is 19.1 Å². The number of carbonyl (C=O) groups excluding carboxylic acids is 1. The molecule has 1 amide bonds. The molecule has 20 heavy (non-hydrogen) atoms. The fraction of sp³-hybridized carbons (Fsp3) is 0.357. The van der Waals surface area contributed by atoms with E-state index < -0.39 is 0 Å². The van der Waals surface area contributed by atoms with Gasteiger partial charge in [0.1, 0.15) is 11.6 Å². The van der Waals surface area contributed by atoms with Gasteiger partial charge in [-0.1, -0.05) is 13.8 Å². The highest BCUT2D eigenvalue weighted by Gasteiger charge is 2.05. The maximum Gasteiger partial charge on any atom is 0.238 e. The van der Waals surface area contributed by atoms with Gasteiger partial charge in [-0.25, -0.2) is 9.97 Å². The lowest BCUT2D eigenvalue weighted by Gasteiger charge is -2.09. The van der Waals surface area contributed by atoms with Crippen molar-refractivity contribution in [2.45, 2.75) is 26.8 Å². The number of aryl methyl sites for hydroxylation is 1. The van der Waals surface area contributed by atoms with Crippen LogP contribution in [0.15, 0.2) is 30.7 Å². The monoisotopic (exact) mass is 273 g/mol. The van der Waals surface area contributed by atoms with Gasteiger partial charge in [0.2, 0.25) is 5.91 Å². The molecule has 0 spiro atoms. The molecule has 2 rings (SSSR count). The first-order chi connectivity index (χ1) is 9.56. The fourth-order valence-corrected chi connectivity index (χ4v) is 1.72. The number of nitrogens with one attached hydrogen (secondary N) is 2. The molecular formula is C14H19N5O. The fourth-order valence-electron chi connectivity index (χ4n) is 1.72. The summed E-state index contributed by atoms with van der Waals surface area (Å²) in [4.78, 5) is 20.1. The number of nitrogens with zero attached hydrogens (tertiary/aromatic N) is 3. The normalized spacial score (nSPS) is 10.8. The highest BCUT2D eigenvalue weighted by atomic mass is 16.1. The highest BCUT2D eigenvalue weighted by molar-refractivity contribution is 5.92. The van der Waals surface area contributed by atoms with Gasteiger partial charge in [-0.3, -0.25) is 9.36 Å². The van der Waals surface area contributed by atoms with Crippen molar-refractivity contribution < 1.29 is 4.79 Å². The molecule has 0 aliphatic heterocycles. The van der Waals surface area contributed by atoms with E-state index in [1.807, 2.05) is 43.7 Å². The molecule has 2 N–H and O–H groups in total. The topological polar surface area (TPSA) is 71.8 Å². The van der Waals surface area contributed by atoms with Crippen molar-refractivity contribution >= 4 is 11.6 Å². The first-order valence-electron chi connectivity index (χ1n) is 6.56. The van der Waals surface area contributed by atoms with Crippen LogP contribution in [-0.4, -0.2) is 33.0 Å². The molecule has 6 nitrogen and oxygen atoms in total. The van der Waals surface area contributed by atoms with Crippen molar-refractivity contribution in [3.8, 4) is 5.82 Å². The van der Waals surface area contributed by atoms with Crippen LogP contribution in [0.3, 0.4) is 0 Å². The zero-order valence-electron chi connectivity index (χ0n) is 11.9. The maximum atomic E-state index is 11.7. The molecule has 106 valence electrons. The second-order valence-electron chi connectivity index (χ2n) is 4.83. The Balaban J connectivity index is 1.98. The zero-order valence-corrected chi connectivity index (χ0v) is 11.9. The van der Waals surface area contributed by atoms with Crippen molar-refractivity contribution in [1.82, 2.24) is 19.9 Å². The Kier molecular flexibility index (Phi) is 4.47. The van der Waals surface area contributed by atoms with Gasteiger partial charge in [-0.2, -0.15) is 0 Å². The van der Waals surface area contributed by atoms with Gasteiger partial charge in [0.05, 0.1) is 18.4 Å². The number of imidazole rings is 1. The molecule has 0 saturated carbocycles. The summed E-state index contributed by atoms with van der Waals surface area (Å²) in [6.07, 6.45) is 5.22. The lowest BCUT2D eigenvalue weighted by molar-refractivity contribution is -0.115. The van der Waals surface area contributed by atoms with Gasteiger partial charge in [0, 0.05) is 18.4 Å². The first-order valence-corrected chi connectivity index (χ1v) is 6.56. The molecule has 0 aromatic carbocycles. The van der Waals surface area contributed by atoms with Gasteiger partial charge >= 0.3 is 0 Å². The minimum Gasteiger partial charge on any atom is -0.324 e. The third-order valence-electron chi connectivity index (χ3n) is 2.78. The lowest BCUT2D eigenvalue weighted by Crippen LogP contribution is -2.32. The smallest absolute Gasteiger partial charge is 0.238 e. The quantitative estimate of drug-likeness (QED) is 0.866. The van der Waals surface area contributed by atoms with Crippen LogP contribution in [0.2, 0.25) is 0 Å². The number of anilines is 1. The molecule has 0 aliphatic rings. The number of aromatic nitrogens is 3. The third kappa shape index (κ3) is 3.64. The number of pyridine rings is 1. The molecule has 2 heterocycles. The average Bonchev–Trinajstić information content (AvgIpc) is 2.84. The third-order valence-corrected chi connectivity index (χ3v) is 2.78. The molecule has 2 aromatic heterocycles. The second-order valence-corrected chi connectivity index (χ2v) is 4.83. The van der Waals surface area contributed by atoms with Gasteiger partial charge in [-0.15, -0.1) is 0 Å². The maximum absolute atomic E-state index is 11.7. The SMILES string of the molecule is Cc1nccn1-c1ccc(NC(=O)CNC(C)C)cn1. The minimum atomic E-state index is -0.0768. The van der Waals surface area contributed by atoms with Crippen LogP contribution in [0, 0.1) is 6.92 Å². The standard InChI is InChI=1S/C14H19N5O/c1-10(2)16-9-14(20)18-12-4-5-13(17-8-12)19-7-6-15-11(19)3/h4-8,10,16H,9H2,1-3H3,(H,18,20). The summed E-state index contributed by atoms with van der Waals surface area (Å²) in [6.45, 7) is 6.20. The Labute approximate surface area is 118 Å². The molecule has 0 radical (unpaired) electrons. The van der Waals surface area contributed by atoms with E-state index in [0.717, 1.165) is 11.6 Å². The largest absolute Gasteiger partial charge is 0.324 e. The van der Waals surface area contributed by atoms with Crippen LogP contribution in [0.25, 0.3) is 5.82 Å². The van der Waals surface area contributed by atoms with E-state index in [1.54, 1.807) is 12.4 Å². The molecule has 2 aromatic rings. The Bertz CT molecular complexity index is 574. The number of amides is 1. The molecule has 0 saturated heterocycles. The summed E-state index contributed by atoms with van der Waals surface area (Å²) in [5.74, 6) is 1.57. The molecule has 0 fully saturated rings. The summed E-state index contributed by atoms with van der Waals surface area (Å²) in [6, 6.07) is 3.96. The molecule has 0 atom stereocenters. The zero-order chi connectivity index (χ0) is 14.5. The van der Waals surface area contributed by atoms with Gasteiger partial charge in [0.15, 0.2) is 0 Å². The number of rotatable bonds is 5. The van der Waals surface area contributed by atoms with Gasteiger partial charge < -0.3 is 10.6 Å².